The van der Waals surface area contributed by atoms with Gasteiger partial charge in [0.25, 0.3) is 0 Å². The Balaban J connectivity index is 2.23. The van der Waals surface area contributed by atoms with Gasteiger partial charge in [0.2, 0.25) is 5.75 Å². The third-order valence-corrected chi connectivity index (χ3v) is 4.15. The van der Waals surface area contributed by atoms with E-state index in [1.165, 1.54) is 6.42 Å². The molecule has 1 aliphatic rings. The topological polar surface area (TPSA) is 53.7 Å². The van der Waals surface area contributed by atoms with E-state index in [0.717, 1.165) is 12.8 Å². The summed E-state index contributed by atoms with van der Waals surface area (Å²) < 4.78 is 17.0. The predicted octanol–water partition coefficient (Wildman–Crippen LogP) is 2.85. The molecule has 0 spiro atoms. The molecular formula is C16H25NO3. The Morgan fingerprint density at radius 3 is 2.35 bits per heavy atom. The highest BCUT2D eigenvalue weighted by atomic mass is 16.5. The van der Waals surface area contributed by atoms with Crippen molar-refractivity contribution in [2.24, 2.45) is 17.6 Å². The van der Waals surface area contributed by atoms with E-state index in [1.54, 1.807) is 14.2 Å². The molecule has 112 valence electrons. The molecule has 3 unspecified atom stereocenters. The van der Waals surface area contributed by atoms with Crippen molar-refractivity contribution in [1.29, 1.82) is 0 Å². The highest BCUT2D eigenvalue weighted by Crippen LogP contribution is 2.40. The average molecular weight is 279 g/mol. The predicted molar refractivity (Wildman–Crippen MR) is 79.5 cm³/mol. The number of rotatable bonds is 5. The minimum Gasteiger partial charge on any atom is -0.493 e. The van der Waals surface area contributed by atoms with Gasteiger partial charge in [-0.2, -0.15) is 0 Å². The minimum absolute atomic E-state index is 0.133. The van der Waals surface area contributed by atoms with Crippen LogP contribution in [0.1, 0.15) is 26.2 Å². The Labute approximate surface area is 121 Å². The van der Waals surface area contributed by atoms with E-state index in [9.17, 15) is 0 Å². The number of methoxy groups -OCH3 is 2. The summed E-state index contributed by atoms with van der Waals surface area (Å²) >= 11 is 0. The molecule has 2 rings (SSSR count). The first-order valence-electron chi connectivity index (χ1n) is 7.27. The van der Waals surface area contributed by atoms with Crippen LogP contribution >= 0.6 is 0 Å². The van der Waals surface area contributed by atoms with Crippen molar-refractivity contribution < 1.29 is 14.2 Å². The van der Waals surface area contributed by atoms with Gasteiger partial charge in [0.15, 0.2) is 11.5 Å². The molecule has 0 amide bonds. The molecule has 1 aromatic carbocycles. The molecule has 0 heterocycles. The van der Waals surface area contributed by atoms with Crippen molar-refractivity contribution in [1.82, 2.24) is 0 Å². The Kier molecular flexibility index (Phi) is 5.12. The summed E-state index contributed by atoms with van der Waals surface area (Å²) in [5, 5.41) is 0. The summed E-state index contributed by atoms with van der Waals surface area (Å²) in [6.07, 6.45) is 3.52. The molecule has 20 heavy (non-hydrogen) atoms. The van der Waals surface area contributed by atoms with Crippen LogP contribution in [0.3, 0.4) is 0 Å². The molecule has 0 bridgehead atoms. The number of benzene rings is 1. The second kappa shape index (κ2) is 6.84. The van der Waals surface area contributed by atoms with E-state index in [0.29, 0.717) is 35.6 Å². The van der Waals surface area contributed by atoms with Crippen molar-refractivity contribution in [2.45, 2.75) is 32.3 Å². The van der Waals surface area contributed by atoms with Gasteiger partial charge in [0.1, 0.15) is 6.10 Å². The smallest absolute Gasteiger partial charge is 0.203 e. The van der Waals surface area contributed by atoms with Crippen LogP contribution in [-0.2, 0) is 0 Å². The molecular weight excluding hydrogens is 254 g/mol. The Morgan fingerprint density at radius 2 is 1.80 bits per heavy atom. The molecule has 4 nitrogen and oxygen atoms in total. The fraction of sp³-hybridized carbons (Fsp3) is 0.625. The normalized spacial score (nSPS) is 26.1. The monoisotopic (exact) mass is 279 g/mol. The standard InChI is InChI=1S/C16H25NO3/c1-11-7-8-12(10-17)15(9-11)20-16-13(18-2)5-4-6-14(16)19-3/h4-6,11-12,15H,7-10,17H2,1-3H3. The molecule has 1 saturated carbocycles. The fourth-order valence-corrected chi connectivity index (χ4v) is 2.89. The van der Waals surface area contributed by atoms with Crippen LogP contribution in [0.5, 0.6) is 17.2 Å². The molecule has 2 N–H and O–H groups in total. The van der Waals surface area contributed by atoms with Crippen molar-refractivity contribution >= 4 is 0 Å². The van der Waals surface area contributed by atoms with Gasteiger partial charge in [-0.3, -0.25) is 0 Å². The van der Waals surface area contributed by atoms with Crippen LogP contribution in [-0.4, -0.2) is 26.9 Å². The van der Waals surface area contributed by atoms with Gasteiger partial charge in [-0.25, -0.2) is 0 Å². The summed E-state index contributed by atoms with van der Waals surface area (Å²) in [7, 11) is 3.29. The van der Waals surface area contributed by atoms with Crippen LogP contribution in [0.4, 0.5) is 0 Å². The van der Waals surface area contributed by atoms with Crippen LogP contribution in [0, 0.1) is 11.8 Å². The molecule has 1 aromatic rings. The van der Waals surface area contributed by atoms with E-state index in [-0.39, 0.29) is 6.10 Å². The molecule has 1 aliphatic carbocycles. The summed E-state index contributed by atoms with van der Waals surface area (Å²) in [4.78, 5) is 0. The average Bonchev–Trinajstić information content (AvgIpc) is 2.47. The Bertz CT molecular complexity index is 413. The molecule has 4 heteroatoms. The van der Waals surface area contributed by atoms with Crippen molar-refractivity contribution in [2.75, 3.05) is 20.8 Å². The molecule has 0 saturated heterocycles. The van der Waals surface area contributed by atoms with Crippen LogP contribution < -0.4 is 19.9 Å². The zero-order valence-corrected chi connectivity index (χ0v) is 12.6. The highest BCUT2D eigenvalue weighted by Gasteiger charge is 2.30. The van der Waals surface area contributed by atoms with Gasteiger partial charge >= 0.3 is 0 Å². The van der Waals surface area contributed by atoms with Gasteiger partial charge in [0, 0.05) is 5.92 Å². The van der Waals surface area contributed by atoms with E-state index < -0.39 is 0 Å². The van der Waals surface area contributed by atoms with Gasteiger partial charge < -0.3 is 19.9 Å². The third kappa shape index (κ3) is 3.18. The number of hydrogen-bond acceptors (Lipinski definition) is 4. The number of hydrogen-bond donors (Lipinski definition) is 1. The molecule has 0 radical (unpaired) electrons. The molecule has 0 aromatic heterocycles. The highest BCUT2D eigenvalue weighted by molar-refractivity contribution is 5.51. The Morgan fingerprint density at radius 1 is 1.15 bits per heavy atom. The zero-order valence-electron chi connectivity index (χ0n) is 12.6. The van der Waals surface area contributed by atoms with E-state index >= 15 is 0 Å². The van der Waals surface area contributed by atoms with Gasteiger partial charge in [-0.05, 0) is 37.4 Å². The quantitative estimate of drug-likeness (QED) is 0.900. The largest absolute Gasteiger partial charge is 0.493 e. The minimum atomic E-state index is 0.133. The maximum Gasteiger partial charge on any atom is 0.203 e. The fourth-order valence-electron chi connectivity index (χ4n) is 2.89. The second-order valence-electron chi connectivity index (χ2n) is 5.56. The summed E-state index contributed by atoms with van der Waals surface area (Å²) in [5.41, 5.74) is 5.89. The van der Waals surface area contributed by atoms with E-state index in [2.05, 4.69) is 6.92 Å². The SMILES string of the molecule is COc1cccc(OC)c1OC1CC(C)CCC1CN. The van der Waals surface area contributed by atoms with E-state index in [4.69, 9.17) is 19.9 Å². The van der Waals surface area contributed by atoms with Gasteiger partial charge in [0.05, 0.1) is 14.2 Å². The van der Waals surface area contributed by atoms with Crippen LogP contribution in [0.25, 0.3) is 0 Å². The van der Waals surface area contributed by atoms with Crippen LogP contribution in [0.15, 0.2) is 18.2 Å². The number of ether oxygens (including phenoxy) is 3. The molecule has 1 fully saturated rings. The first-order valence-corrected chi connectivity index (χ1v) is 7.27. The lowest BCUT2D eigenvalue weighted by Gasteiger charge is -2.34. The van der Waals surface area contributed by atoms with Crippen LogP contribution in [0.2, 0.25) is 0 Å². The van der Waals surface area contributed by atoms with Crippen molar-refractivity contribution in [3.05, 3.63) is 18.2 Å². The maximum atomic E-state index is 6.24. The molecule has 3 atom stereocenters. The van der Waals surface area contributed by atoms with Gasteiger partial charge in [-0.15, -0.1) is 0 Å². The first kappa shape index (κ1) is 15.0. The lowest BCUT2D eigenvalue weighted by molar-refractivity contribution is 0.0689. The number of nitrogens with two attached hydrogens (primary N) is 1. The first-order chi connectivity index (χ1) is 9.69. The second-order valence-corrected chi connectivity index (χ2v) is 5.56. The van der Waals surface area contributed by atoms with Crippen molar-refractivity contribution in [3.63, 3.8) is 0 Å². The summed E-state index contributed by atoms with van der Waals surface area (Å²) in [6.45, 7) is 2.93. The number of para-hydroxylation sites is 1. The summed E-state index contributed by atoms with van der Waals surface area (Å²) in [5.74, 6) is 3.18. The van der Waals surface area contributed by atoms with E-state index in [1.807, 2.05) is 18.2 Å². The molecule has 0 aliphatic heterocycles. The van der Waals surface area contributed by atoms with Gasteiger partial charge in [-0.1, -0.05) is 19.4 Å². The summed E-state index contributed by atoms with van der Waals surface area (Å²) in [6, 6.07) is 5.68. The maximum absolute atomic E-state index is 6.24. The third-order valence-electron chi connectivity index (χ3n) is 4.15. The lowest BCUT2D eigenvalue weighted by atomic mass is 9.80. The zero-order chi connectivity index (χ0) is 14.5. The van der Waals surface area contributed by atoms with Crippen molar-refractivity contribution in [3.8, 4) is 17.2 Å². The Hall–Kier alpha value is -1.42. The lowest BCUT2D eigenvalue weighted by Crippen LogP contribution is -2.37.